The smallest absolute Gasteiger partial charge is 0.326 e. The number of hydrogen-bond acceptors (Lipinski definition) is 5. The number of carboxylic acids is 1. The number of benzene rings is 2. The molecule has 0 aliphatic carbocycles. The Labute approximate surface area is 215 Å². The summed E-state index contributed by atoms with van der Waals surface area (Å²) < 4.78 is 0. The highest BCUT2D eigenvalue weighted by molar-refractivity contribution is 5.93. The molecule has 0 aliphatic rings. The molecule has 2 aromatic carbocycles. The number of aromatic amines is 1. The van der Waals surface area contributed by atoms with E-state index in [1.807, 2.05) is 30.3 Å². The van der Waals surface area contributed by atoms with Gasteiger partial charge in [0.2, 0.25) is 17.7 Å². The van der Waals surface area contributed by atoms with Crippen LogP contribution in [0.4, 0.5) is 0 Å². The van der Waals surface area contributed by atoms with Crippen molar-refractivity contribution in [3.05, 3.63) is 71.9 Å². The van der Waals surface area contributed by atoms with Gasteiger partial charge in [0.15, 0.2) is 0 Å². The minimum atomic E-state index is -1.18. The van der Waals surface area contributed by atoms with Crippen LogP contribution in [-0.4, -0.2) is 58.5 Å². The van der Waals surface area contributed by atoms with Crippen LogP contribution in [-0.2, 0) is 32.0 Å². The van der Waals surface area contributed by atoms with Gasteiger partial charge in [-0.2, -0.15) is 0 Å². The van der Waals surface area contributed by atoms with Crippen molar-refractivity contribution in [1.29, 1.82) is 0 Å². The second kappa shape index (κ2) is 12.7. The van der Waals surface area contributed by atoms with E-state index in [4.69, 9.17) is 5.73 Å². The van der Waals surface area contributed by atoms with E-state index < -0.39 is 48.4 Å². The van der Waals surface area contributed by atoms with Gasteiger partial charge in [-0.05, 0) is 23.1 Å². The van der Waals surface area contributed by atoms with Gasteiger partial charge in [-0.25, -0.2) is 4.79 Å². The average molecular weight is 508 g/mol. The number of nitrogens with one attached hydrogen (secondary N) is 4. The third-order valence-electron chi connectivity index (χ3n) is 6.09. The van der Waals surface area contributed by atoms with Crippen molar-refractivity contribution in [3.63, 3.8) is 0 Å². The van der Waals surface area contributed by atoms with Crippen LogP contribution in [0.15, 0.2) is 60.8 Å². The second-order valence-electron chi connectivity index (χ2n) is 9.26. The van der Waals surface area contributed by atoms with Crippen molar-refractivity contribution >= 4 is 34.6 Å². The van der Waals surface area contributed by atoms with Gasteiger partial charge in [0.25, 0.3) is 0 Å². The van der Waals surface area contributed by atoms with E-state index in [0.29, 0.717) is 0 Å². The first-order valence-corrected chi connectivity index (χ1v) is 12.1. The average Bonchev–Trinajstić information content (AvgIpc) is 3.29. The fraction of sp³-hybridized carbons (Fsp3) is 0.333. The van der Waals surface area contributed by atoms with Crippen LogP contribution in [0, 0.1) is 5.92 Å². The molecule has 10 nitrogen and oxygen atoms in total. The number of fused-ring (bicyclic) bond motifs is 1. The molecule has 0 saturated carbocycles. The first-order valence-electron chi connectivity index (χ1n) is 12.1. The third-order valence-corrected chi connectivity index (χ3v) is 6.09. The molecule has 196 valence electrons. The standard InChI is InChI=1S/C27H33N5O5/c1-16(2)24(28)26(35)32-21(13-18-14-29-20-11-7-6-10-19(18)20)25(34)30-15-23(33)31-22(27(36)37)12-17-8-4-3-5-9-17/h3-11,14,16,21-22,24,29H,12-13,15,28H2,1-2H3,(H,30,34)(H,31,33)(H,32,35)(H,36,37). The molecule has 0 spiro atoms. The molecule has 3 aromatic rings. The SMILES string of the molecule is CC(C)C(N)C(=O)NC(Cc1c[nH]c2ccccc12)C(=O)NCC(=O)NC(Cc1ccccc1)C(=O)O. The van der Waals surface area contributed by atoms with Crippen LogP contribution in [0.1, 0.15) is 25.0 Å². The number of carbonyl (C=O) groups is 4. The number of aliphatic carboxylic acids is 1. The molecule has 1 heterocycles. The van der Waals surface area contributed by atoms with Gasteiger partial charge in [0, 0.05) is 29.9 Å². The van der Waals surface area contributed by atoms with Crippen molar-refractivity contribution in [1.82, 2.24) is 20.9 Å². The van der Waals surface area contributed by atoms with Gasteiger partial charge < -0.3 is 31.8 Å². The maximum absolute atomic E-state index is 13.1. The summed E-state index contributed by atoms with van der Waals surface area (Å²) >= 11 is 0. The van der Waals surface area contributed by atoms with Crippen LogP contribution in [0.25, 0.3) is 10.9 Å². The maximum Gasteiger partial charge on any atom is 0.326 e. The highest BCUT2D eigenvalue weighted by atomic mass is 16.4. The first kappa shape index (κ1) is 27.4. The van der Waals surface area contributed by atoms with Crippen molar-refractivity contribution in [2.24, 2.45) is 11.7 Å². The van der Waals surface area contributed by atoms with Crippen LogP contribution >= 0.6 is 0 Å². The molecular formula is C27H33N5O5. The molecule has 1 aromatic heterocycles. The number of para-hydroxylation sites is 1. The van der Waals surface area contributed by atoms with E-state index in [2.05, 4.69) is 20.9 Å². The Balaban J connectivity index is 1.67. The zero-order valence-electron chi connectivity index (χ0n) is 20.9. The summed E-state index contributed by atoms with van der Waals surface area (Å²) in [4.78, 5) is 53.0. The second-order valence-corrected chi connectivity index (χ2v) is 9.26. The van der Waals surface area contributed by atoms with Gasteiger partial charge >= 0.3 is 5.97 Å². The summed E-state index contributed by atoms with van der Waals surface area (Å²) in [5.74, 6) is -3.04. The van der Waals surface area contributed by atoms with Crippen LogP contribution in [0.2, 0.25) is 0 Å². The van der Waals surface area contributed by atoms with Gasteiger partial charge in [0.05, 0.1) is 12.6 Å². The largest absolute Gasteiger partial charge is 0.480 e. The molecule has 0 radical (unpaired) electrons. The Morgan fingerprint density at radius 2 is 1.57 bits per heavy atom. The number of carboxylic acid groups (broad SMARTS) is 1. The Morgan fingerprint density at radius 1 is 0.892 bits per heavy atom. The number of amides is 3. The molecule has 37 heavy (non-hydrogen) atoms. The lowest BCUT2D eigenvalue weighted by Crippen LogP contribution is -2.55. The molecule has 0 aliphatic heterocycles. The minimum Gasteiger partial charge on any atom is -0.480 e. The number of hydrogen-bond donors (Lipinski definition) is 6. The lowest BCUT2D eigenvalue weighted by atomic mass is 10.0. The number of nitrogens with two attached hydrogens (primary N) is 1. The fourth-order valence-electron chi connectivity index (χ4n) is 3.89. The fourth-order valence-corrected chi connectivity index (χ4v) is 3.89. The summed E-state index contributed by atoms with van der Waals surface area (Å²) in [5, 5.41) is 18.1. The van der Waals surface area contributed by atoms with E-state index in [0.717, 1.165) is 22.0 Å². The number of rotatable bonds is 12. The van der Waals surface area contributed by atoms with Crippen molar-refractivity contribution in [2.45, 2.75) is 44.8 Å². The van der Waals surface area contributed by atoms with Crippen molar-refractivity contribution < 1.29 is 24.3 Å². The van der Waals surface area contributed by atoms with E-state index in [1.54, 1.807) is 44.3 Å². The predicted molar refractivity (Wildman–Crippen MR) is 139 cm³/mol. The predicted octanol–water partition coefficient (Wildman–Crippen LogP) is 1.11. The molecular weight excluding hydrogens is 474 g/mol. The van der Waals surface area contributed by atoms with E-state index in [-0.39, 0.29) is 18.8 Å². The lowest BCUT2D eigenvalue weighted by molar-refractivity contribution is -0.141. The molecule has 3 unspecified atom stereocenters. The van der Waals surface area contributed by atoms with Crippen LogP contribution < -0.4 is 21.7 Å². The summed E-state index contributed by atoms with van der Waals surface area (Å²) in [6.45, 7) is 3.16. The summed E-state index contributed by atoms with van der Waals surface area (Å²) in [5.41, 5.74) is 8.42. The molecule has 10 heteroatoms. The lowest BCUT2D eigenvalue weighted by Gasteiger charge is -2.22. The molecule has 0 saturated heterocycles. The van der Waals surface area contributed by atoms with E-state index in [1.165, 1.54) is 0 Å². The summed E-state index contributed by atoms with van der Waals surface area (Å²) in [6.07, 6.45) is 2.04. The Morgan fingerprint density at radius 3 is 2.24 bits per heavy atom. The van der Waals surface area contributed by atoms with Crippen LogP contribution in [0.3, 0.4) is 0 Å². The highest BCUT2D eigenvalue weighted by Crippen LogP contribution is 2.19. The van der Waals surface area contributed by atoms with Gasteiger partial charge in [-0.3, -0.25) is 14.4 Å². The normalized spacial score (nSPS) is 13.5. The van der Waals surface area contributed by atoms with E-state index in [9.17, 15) is 24.3 Å². The van der Waals surface area contributed by atoms with Gasteiger partial charge in [-0.1, -0.05) is 62.4 Å². The van der Waals surface area contributed by atoms with Gasteiger partial charge in [0.1, 0.15) is 12.1 Å². The first-order chi connectivity index (χ1) is 17.7. The Kier molecular flexibility index (Phi) is 9.39. The van der Waals surface area contributed by atoms with Crippen molar-refractivity contribution in [3.8, 4) is 0 Å². The Hall–Kier alpha value is -4.18. The summed E-state index contributed by atoms with van der Waals surface area (Å²) in [7, 11) is 0. The number of carbonyl (C=O) groups excluding carboxylic acids is 3. The third kappa shape index (κ3) is 7.65. The number of H-pyrrole nitrogens is 1. The Bertz CT molecular complexity index is 1240. The zero-order chi connectivity index (χ0) is 26.9. The summed E-state index contributed by atoms with van der Waals surface area (Å²) in [6, 6.07) is 13.5. The molecule has 3 amide bonds. The molecule has 0 fully saturated rings. The topological polar surface area (TPSA) is 166 Å². The number of aromatic nitrogens is 1. The van der Waals surface area contributed by atoms with Crippen molar-refractivity contribution in [2.75, 3.05) is 6.54 Å². The van der Waals surface area contributed by atoms with Crippen LogP contribution in [0.5, 0.6) is 0 Å². The van der Waals surface area contributed by atoms with Gasteiger partial charge in [-0.15, -0.1) is 0 Å². The molecule has 3 rings (SSSR count). The highest BCUT2D eigenvalue weighted by Gasteiger charge is 2.27. The van der Waals surface area contributed by atoms with E-state index >= 15 is 0 Å². The quantitative estimate of drug-likeness (QED) is 0.215. The monoisotopic (exact) mass is 507 g/mol. The maximum atomic E-state index is 13.1. The molecule has 0 bridgehead atoms. The zero-order valence-corrected chi connectivity index (χ0v) is 20.9. The molecule has 7 N–H and O–H groups in total. The molecule has 3 atom stereocenters. The minimum absolute atomic E-state index is 0.0994.